The third-order valence-corrected chi connectivity index (χ3v) is 8.63. The number of esters is 2. The van der Waals surface area contributed by atoms with Crippen LogP contribution in [0, 0.1) is 10.1 Å². The van der Waals surface area contributed by atoms with Crippen LogP contribution in [0.3, 0.4) is 0 Å². The summed E-state index contributed by atoms with van der Waals surface area (Å²) in [6, 6.07) is 15.6. The first-order valence-corrected chi connectivity index (χ1v) is 15.0. The number of dihydropyridines is 1. The molecule has 1 atom stereocenters. The van der Waals surface area contributed by atoms with Crippen LogP contribution in [-0.4, -0.2) is 84.7 Å². The molecule has 0 radical (unpaired) electrons. The molecule has 1 amide bonds. The van der Waals surface area contributed by atoms with Crippen LogP contribution in [0.15, 0.2) is 77.3 Å². The molecule has 45 heavy (non-hydrogen) atoms. The average Bonchev–Trinajstić information content (AvgIpc) is 3.06. The van der Waals surface area contributed by atoms with Crippen LogP contribution in [0.25, 0.3) is 0 Å². The molecule has 1 unspecified atom stereocenters. The number of allylic oxidation sites excluding steroid dienone is 3. The van der Waals surface area contributed by atoms with Crippen LogP contribution in [0.1, 0.15) is 50.2 Å². The zero-order valence-electron chi connectivity index (χ0n) is 25.9. The lowest BCUT2D eigenvalue weighted by molar-refractivity contribution is -0.384. The van der Waals surface area contributed by atoms with Crippen molar-refractivity contribution in [2.24, 2.45) is 0 Å². The molecule has 4 rings (SSSR count). The number of nitro benzene ring substituents is 1. The van der Waals surface area contributed by atoms with Gasteiger partial charge < -0.3 is 29.7 Å². The van der Waals surface area contributed by atoms with Crippen LogP contribution < -0.4 is 5.32 Å². The Balaban J connectivity index is 1.52. The van der Waals surface area contributed by atoms with E-state index in [4.69, 9.17) is 9.47 Å². The van der Waals surface area contributed by atoms with E-state index in [0.29, 0.717) is 68.1 Å². The predicted octanol–water partition coefficient (Wildman–Crippen LogP) is 3.38. The van der Waals surface area contributed by atoms with Gasteiger partial charge in [-0.2, -0.15) is 0 Å². The molecule has 0 aromatic heterocycles. The van der Waals surface area contributed by atoms with Crippen molar-refractivity contribution in [3.8, 4) is 0 Å². The standard InChI is InChI=1S/C33H40N4O8/c1-23-28(31(40)45-21-20-38)29(25-10-12-27(13-11-25)37(42)43)30(24(2)34-23)36(22-39)17-7-16-35-18-14-33(15-19-35,32(41)44-3)26-8-5-4-6-9-26/h4-6,8-13,22,29,34,38H,7,14-21H2,1-3H3. The number of nitrogens with zero attached hydrogens (tertiary/aromatic N) is 3. The molecule has 12 heteroatoms. The number of methoxy groups -OCH3 is 1. The SMILES string of the molecule is COC(=O)C1(c2ccccc2)CCN(CCCN(C=O)C2=C(C)NC(C)=C(C(=O)OCCO)C2c2ccc([N+](=O)[O-])cc2)CC1. The minimum absolute atomic E-state index is 0.0997. The highest BCUT2D eigenvalue weighted by Gasteiger charge is 2.44. The number of aliphatic hydroxyl groups excluding tert-OH is 1. The summed E-state index contributed by atoms with van der Waals surface area (Å²) in [6.07, 6.45) is 2.57. The van der Waals surface area contributed by atoms with E-state index in [1.165, 1.54) is 19.2 Å². The van der Waals surface area contributed by atoms with Crippen LogP contribution in [0.4, 0.5) is 5.69 Å². The van der Waals surface area contributed by atoms with Gasteiger partial charge in [0.15, 0.2) is 0 Å². The zero-order chi connectivity index (χ0) is 32.6. The number of piperidine rings is 1. The number of ether oxygens (including phenoxy) is 2. The number of amides is 1. The molecule has 12 nitrogen and oxygen atoms in total. The van der Waals surface area contributed by atoms with Crippen molar-refractivity contribution >= 4 is 24.0 Å². The van der Waals surface area contributed by atoms with Gasteiger partial charge in [-0.05, 0) is 63.9 Å². The molecule has 1 fully saturated rings. The Morgan fingerprint density at radius 3 is 2.36 bits per heavy atom. The molecule has 2 N–H and O–H groups in total. The summed E-state index contributed by atoms with van der Waals surface area (Å²) >= 11 is 0. The first-order chi connectivity index (χ1) is 21.7. The number of carbonyl (C=O) groups is 3. The van der Waals surface area contributed by atoms with Crippen LogP contribution in [0.2, 0.25) is 0 Å². The van der Waals surface area contributed by atoms with E-state index in [9.17, 15) is 29.6 Å². The Morgan fingerprint density at radius 1 is 1.11 bits per heavy atom. The number of non-ortho nitro benzene ring substituents is 1. The number of carbonyl (C=O) groups excluding carboxylic acids is 3. The van der Waals surface area contributed by atoms with Gasteiger partial charge in [0.1, 0.15) is 6.61 Å². The second-order valence-corrected chi connectivity index (χ2v) is 11.2. The largest absolute Gasteiger partial charge is 0.468 e. The van der Waals surface area contributed by atoms with Crippen LogP contribution in [-0.2, 0) is 29.3 Å². The number of rotatable bonds is 13. The van der Waals surface area contributed by atoms with E-state index in [1.54, 1.807) is 24.0 Å². The van der Waals surface area contributed by atoms with Crippen molar-refractivity contribution in [2.45, 2.75) is 44.4 Å². The van der Waals surface area contributed by atoms with E-state index < -0.39 is 22.2 Å². The third-order valence-electron chi connectivity index (χ3n) is 8.63. The first kappa shape index (κ1) is 33.3. The lowest BCUT2D eigenvalue weighted by atomic mass is 9.72. The van der Waals surface area contributed by atoms with Gasteiger partial charge in [0.25, 0.3) is 5.69 Å². The van der Waals surface area contributed by atoms with Gasteiger partial charge in [0, 0.05) is 30.1 Å². The summed E-state index contributed by atoms with van der Waals surface area (Å²) in [4.78, 5) is 53.4. The summed E-state index contributed by atoms with van der Waals surface area (Å²) in [5.74, 6) is -1.64. The van der Waals surface area contributed by atoms with E-state index in [0.717, 1.165) is 12.0 Å². The Kier molecular flexibility index (Phi) is 11.1. The fourth-order valence-corrected chi connectivity index (χ4v) is 6.38. The van der Waals surface area contributed by atoms with Crippen molar-refractivity contribution in [3.05, 3.63) is 98.5 Å². The van der Waals surface area contributed by atoms with Crippen molar-refractivity contribution in [1.82, 2.24) is 15.1 Å². The molecule has 2 aromatic carbocycles. The maximum Gasteiger partial charge on any atom is 0.336 e. The molecule has 1 saturated heterocycles. The van der Waals surface area contributed by atoms with Gasteiger partial charge in [-0.3, -0.25) is 19.7 Å². The fraction of sp³-hybridized carbons (Fsp3) is 0.424. The number of hydrogen-bond acceptors (Lipinski definition) is 10. The van der Waals surface area contributed by atoms with Crippen molar-refractivity contribution in [2.75, 3.05) is 46.5 Å². The second kappa shape index (κ2) is 15.0. The van der Waals surface area contributed by atoms with Gasteiger partial charge in [-0.1, -0.05) is 42.5 Å². The quantitative estimate of drug-likeness (QED) is 0.148. The minimum atomic E-state index is -0.745. The maximum atomic E-state index is 13.2. The molecule has 2 aliphatic rings. The molecule has 240 valence electrons. The van der Waals surface area contributed by atoms with Gasteiger partial charge in [0.2, 0.25) is 6.41 Å². The Morgan fingerprint density at radius 2 is 1.78 bits per heavy atom. The van der Waals surface area contributed by atoms with Gasteiger partial charge in [-0.15, -0.1) is 0 Å². The lowest BCUT2D eigenvalue weighted by Gasteiger charge is -2.40. The second-order valence-electron chi connectivity index (χ2n) is 11.2. The van der Waals surface area contributed by atoms with Crippen molar-refractivity contribution in [1.29, 1.82) is 0 Å². The highest BCUT2D eigenvalue weighted by Crippen LogP contribution is 2.41. The molecular formula is C33H40N4O8. The average molecular weight is 621 g/mol. The van der Waals surface area contributed by atoms with Crippen molar-refractivity contribution in [3.63, 3.8) is 0 Å². The minimum Gasteiger partial charge on any atom is -0.468 e. The number of likely N-dealkylation sites (tertiary alicyclic amines) is 1. The summed E-state index contributed by atoms with van der Waals surface area (Å²) in [6.45, 7) is 5.37. The summed E-state index contributed by atoms with van der Waals surface area (Å²) in [7, 11) is 1.42. The van der Waals surface area contributed by atoms with Crippen LogP contribution in [0.5, 0.6) is 0 Å². The van der Waals surface area contributed by atoms with E-state index >= 15 is 0 Å². The number of aliphatic hydroxyl groups is 1. The monoisotopic (exact) mass is 620 g/mol. The van der Waals surface area contributed by atoms with Crippen LogP contribution >= 0.6 is 0 Å². The Hall–Kier alpha value is -4.55. The molecule has 2 aromatic rings. The van der Waals surface area contributed by atoms with E-state index in [1.807, 2.05) is 37.3 Å². The normalized spacial score (nSPS) is 18.2. The molecule has 0 saturated carbocycles. The summed E-state index contributed by atoms with van der Waals surface area (Å²) in [5.41, 5.74) is 2.70. The number of hydrogen-bond donors (Lipinski definition) is 2. The first-order valence-electron chi connectivity index (χ1n) is 15.0. The fourth-order valence-electron chi connectivity index (χ4n) is 6.38. The molecular weight excluding hydrogens is 580 g/mol. The predicted molar refractivity (Wildman–Crippen MR) is 166 cm³/mol. The summed E-state index contributed by atoms with van der Waals surface area (Å²) in [5, 5.41) is 23.7. The molecule has 0 aliphatic carbocycles. The number of nitrogens with one attached hydrogen (secondary N) is 1. The van der Waals surface area contributed by atoms with E-state index in [-0.39, 0.29) is 30.4 Å². The molecule has 2 heterocycles. The van der Waals surface area contributed by atoms with E-state index in [2.05, 4.69) is 10.2 Å². The smallest absolute Gasteiger partial charge is 0.336 e. The third kappa shape index (κ3) is 7.23. The lowest BCUT2D eigenvalue weighted by Crippen LogP contribution is -2.48. The summed E-state index contributed by atoms with van der Waals surface area (Å²) < 4.78 is 10.5. The van der Waals surface area contributed by atoms with Gasteiger partial charge in [0.05, 0.1) is 41.2 Å². The zero-order valence-corrected chi connectivity index (χ0v) is 25.9. The number of nitro groups is 1. The van der Waals surface area contributed by atoms with Gasteiger partial charge in [-0.25, -0.2) is 4.79 Å². The maximum absolute atomic E-state index is 13.2. The highest BCUT2D eigenvalue weighted by atomic mass is 16.6. The van der Waals surface area contributed by atoms with Gasteiger partial charge >= 0.3 is 11.9 Å². The highest BCUT2D eigenvalue weighted by molar-refractivity contribution is 5.93. The van der Waals surface area contributed by atoms with Crippen molar-refractivity contribution < 1.29 is 33.9 Å². The number of benzene rings is 2. The molecule has 0 spiro atoms. The topological polar surface area (TPSA) is 152 Å². The molecule has 2 aliphatic heterocycles. The Bertz CT molecular complexity index is 1450. The Labute approximate surface area is 262 Å². The molecule has 0 bridgehead atoms.